The molecule has 20 heavy (non-hydrogen) atoms. The number of phosphoric ester groups is 1. The Morgan fingerprint density at radius 2 is 1.60 bits per heavy atom. The maximum atomic E-state index is 12.0. The van der Waals surface area contributed by atoms with Crippen molar-refractivity contribution in [1.29, 1.82) is 0 Å². The van der Waals surface area contributed by atoms with Crippen molar-refractivity contribution < 1.29 is 23.2 Å². The van der Waals surface area contributed by atoms with Crippen LogP contribution in [0.25, 0.3) is 21.5 Å². The van der Waals surface area contributed by atoms with Crippen LogP contribution >= 0.6 is 7.82 Å². The third kappa shape index (κ3) is 2.39. The van der Waals surface area contributed by atoms with Gasteiger partial charge < -0.3 is 4.52 Å². The molecule has 3 aromatic rings. The predicted molar refractivity (Wildman–Crippen MR) is 74.1 cm³/mol. The third-order valence-corrected chi connectivity index (χ3v) is 3.61. The molecular formula is C14H10FO4P. The van der Waals surface area contributed by atoms with Crippen LogP contribution in [0, 0.1) is 0 Å². The fraction of sp³-hybridized carbons (Fsp3) is 0. The van der Waals surface area contributed by atoms with Crippen LogP contribution in [0.5, 0.6) is 5.75 Å². The smallest absolute Gasteiger partial charge is 0.402 e. The molecule has 0 radical (unpaired) electrons. The quantitative estimate of drug-likeness (QED) is 0.575. The van der Waals surface area contributed by atoms with Crippen molar-refractivity contribution in [2.75, 3.05) is 0 Å². The van der Waals surface area contributed by atoms with Crippen molar-refractivity contribution in [3.63, 3.8) is 0 Å². The van der Waals surface area contributed by atoms with Crippen molar-refractivity contribution >= 4 is 29.4 Å². The van der Waals surface area contributed by atoms with Crippen LogP contribution in [-0.4, -0.2) is 4.89 Å². The Hall–Kier alpha value is -1.94. The molecule has 4 nitrogen and oxygen atoms in total. The maximum absolute atomic E-state index is 12.0. The molecule has 0 spiro atoms. The van der Waals surface area contributed by atoms with Gasteiger partial charge in [0.15, 0.2) is 0 Å². The Labute approximate surface area is 113 Å². The van der Waals surface area contributed by atoms with Crippen molar-refractivity contribution in [2.24, 2.45) is 0 Å². The van der Waals surface area contributed by atoms with E-state index in [1.807, 2.05) is 42.5 Å². The second kappa shape index (κ2) is 4.87. The van der Waals surface area contributed by atoms with E-state index in [2.05, 4.69) is 4.73 Å². The first-order valence-corrected chi connectivity index (χ1v) is 7.33. The minimum Gasteiger partial charge on any atom is -0.402 e. The SMILES string of the molecule is O=P(O)(OF)Oc1cccc2cc3ccccc3cc12. The lowest BCUT2D eigenvalue weighted by molar-refractivity contribution is -0.0361. The summed E-state index contributed by atoms with van der Waals surface area (Å²) in [7, 11) is -4.73. The van der Waals surface area contributed by atoms with Gasteiger partial charge >= 0.3 is 7.82 Å². The molecule has 1 N–H and O–H groups in total. The molecule has 0 aliphatic rings. The summed E-state index contributed by atoms with van der Waals surface area (Å²) in [5.41, 5.74) is 0. The standard InChI is InChI=1S/C14H10FO4P/c15-19-20(16,17)18-14-7-3-6-12-8-10-4-1-2-5-11(10)9-13(12)14/h1-9H,(H,16,17). The van der Waals surface area contributed by atoms with Gasteiger partial charge in [-0.1, -0.05) is 41.1 Å². The third-order valence-electron chi connectivity index (χ3n) is 3.01. The normalized spacial score (nSPS) is 14.3. The van der Waals surface area contributed by atoms with E-state index in [4.69, 9.17) is 9.42 Å². The van der Waals surface area contributed by atoms with E-state index in [0.29, 0.717) is 5.39 Å². The fourth-order valence-electron chi connectivity index (χ4n) is 2.16. The van der Waals surface area contributed by atoms with E-state index in [1.165, 1.54) is 6.07 Å². The molecule has 102 valence electrons. The van der Waals surface area contributed by atoms with Gasteiger partial charge in [-0.2, -0.15) is 0 Å². The van der Waals surface area contributed by atoms with Crippen LogP contribution in [0.15, 0.2) is 54.6 Å². The number of hydrogen-bond acceptors (Lipinski definition) is 3. The van der Waals surface area contributed by atoms with Crippen LogP contribution in [0.2, 0.25) is 0 Å². The van der Waals surface area contributed by atoms with Crippen LogP contribution in [0.3, 0.4) is 0 Å². The van der Waals surface area contributed by atoms with Crippen molar-refractivity contribution in [2.45, 2.75) is 0 Å². The molecule has 1 unspecified atom stereocenters. The second-order valence-corrected chi connectivity index (χ2v) is 5.56. The number of hydrogen-bond donors (Lipinski definition) is 1. The lowest BCUT2D eigenvalue weighted by Gasteiger charge is -2.11. The lowest BCUT2D eigenvalue weighted by atomic mass is 10.0. The molecule has 0 heterocycles. The molecule has 0 saturated carbocycles. The van der Waals surface area contributed by atoms with E-state index < -0.39 is 7.82 Å². The largest absolute Gasteiger partial charge is 0.559 e. The summed E-state index contributed by atoms with van der Waals surface area (Å²) in [6.45, 7) is 0. The van der Waals surface area contributed by atoms with Crippen molar-refractivity contribution in [3.8, 4) is 5.75 Å². The van der Waals surface area contributed by atoms with Crippen LogP contribution in [-0.2, 0) is 9.29 Å². The Morgan fingerprint density at radius 1 is 0.950 bits per heavy atom. The molecule has 0 aliphatic carbocycles. The highest BCUT2D eigenvalue weighted by Crippen LogP contribution is 2.46. The first-order chi connectivity index (χ1) is 9.59. The molecule has 0 fully saturated rings. The number of halogens is 1. The summed E-state index contributed by atoms with van der Waals surface area (Å²) < 4.78 is 30.9. The van der Waals surface area contributed by atoms with Gasteiger partial charge in [-0.25, -0.2) is 4.57 Å². The summed E-state index contributed by atoms with van der Waals surface area (Å²) in [6.07, 6.45) is 0. The summed E-state index contributed by atoms with van der Waals surface area (Å²) in [6, 6.07) is 16.4. The first-order valence-electron chi connectivity index (χ1n) is 5.83. The Balaban J connectivity index is 2.23. The average molecular weight is 292 g/mol. The van der Waals surface area contributed by atoms with Gasteiger partial charge in [-0.15, -0.1) is 0 Å². The second-order valence-electron chi connectivity index (χ2n) is 4.31. The highest BCUT2D eigenvalue weighted by molar-refractivity contribution is 7.47. The van der Waals surface area contributed by atoms with Gasteiger partial charge in [0.2, 0.25) is 0 Å². The van der Waals surface area contributed by atoms with Crippen LogP contribution in [0.1, 0.15) is 0 Å². The minimum absolute atomic E-state index is 0.0942. The zero-order valence-corrected chi connectivity index (χ0v) is 11.1. The molecule has 3 aromatic carbocycles. The lowest BCUT2D eigenvalue weighted by Crippen LogP contribution is -1.92. The van der Waals surface area contributed by atoms with E-state index in [0.717, 1.165) is 16.2 Å². The van der Waals surface area contributed by atoms with Gasteiger partial charge in [0.05, 0.1) is 0 Å². The highest BCUT2D eigenvalue weighted by Gasteiger charge is 2.25. The van der Waals surface area contributed by atoms with Crippen LogP contribution in [0.4, 0.5) is 4.53 Å². The Bertz CT molecular complexity index is 834. The minimum atomic E-state index is -4.73. The van der Waals surface area contributed by atoms with Gasteiger partial charge in [-0.3, -0.25) is 4.89 Å². The van der Waals surface area contributed by atoms with Crippen molar-refractivity contribution in [1.82, 2.24) is 0 Å². The number of fused-ring (bicyclic) bond motifs is 2. The monoisotopic (exact) mass is 292 g/mol. The summed E-state index contributed by atoms with van der Waals surface area (Å²) in [5.74, 6) is 0.0942. The number of phosphoric acid groups is 1. The molecule has 1 atom stereocenters. The van der Waals surface area contributed by atoms with E-state index in [-0.39, 0.29) is 5.75 Å². The molecule has 6 heteroatoms. The van der Waals surface area contributed by atoms with Gasteiger partial charge in [-0.05, 0) is 38.9 Å². The summed E-state index contributed by atoms with van der Waals surface area (Å²) >= 11 is 0. The zero-order valence-electron chi connectivity index (χ0n) is 10.2. The molecule has 0 saturated heterocycles. The molecule has 3 rings (SSSR count). The van der Waals surface area contributed by atoms with Gasteiger partial charge in [0, 0.05) is 5.39 Å². The molecular weight excluding hydrogens is 282 g/mol. The molecule has 0 bridgehead atoms. The zero-order chi connectivity index (χ0) is 14.2. The fourth-order valence-corrected chi connectivity index (χ4v) is 2.59. The maximum Gasteiger partial charge on any atom is 0.559 e. The molecule has 0 amide bonds. The number of benzene rings is 3. The Morgan fingerprint density at radius 3 is 2.30 bits per heavy atom. The molecule has 0 aromatic heterocycles. The van der Waals surface area contributed by atoms with E-state index in [9.17, 15) is 9.09 Å². The number of rotatable bonds is 3. The first kappa shape index (κ1) is 13.1. The van der Waals surface area contributed by atoms with Crippen molar-refractivity contribution in [3.05, 3.63) is 54.6 Å². The average Bonchev–Trinajstić information content (AvgIpc) is 2.45. The predicted octanol–water partition coefficient (Wildman–Crippen LogP) is 4.37. The summed E-state index contributed by atoms with van der Waals surface area (Å²) in [4.78, 5) is 9.09. The van der Waals surface area contributed by atoms with Gasteiger partial charge in [0.1, 0.15) is 5.75 Å². The van der Waals surface area contributed by atoms with Crippen LogP contribution < -0.4 is 4.52 Å². The topological polar surface area (TPSA) is 55.8 Å². The highest BCUT2D eigenvalue weighted by atomic mass is 31.2. The van der Waals surface area contributed by atoms with E-state index in [1.54, 1.807) is 6.07 Å². The van der Waals surface area contributed by atoms with Gasteiger partial charge in [0.25, 0.3) is 0 Å². The summed E-state index contributed by atoms with van der Waals surface area (Å²) in [5, 5.41) is 3.41. The molecule has 0 aliphatic heterocycles. The Kier molecular flexibility index (Phi) is 3.18. The van der Waals surface area contributed by atoms with E-state index >= 15 is 0 Å².